The van der Waals surface area contributed by atoms with Crippen LogP contribution in [0.25, 0.3) is 11.3 Å². The van der Waals surface area contributed by atoms with Gasteiger partial charge >= 0.3 is 0 Å². The molecule has 1 unspecified atom stereocenters. The number of ether oxygens (including phenoxy) is 1. The Morgan fingerprint density at radius 1 is 1.50 bits per heavy atom. The molecule has 164 valence electrons. The molecule has 3 aromatic rings. The molecule has 0 saturated carbocycles. The SMILES string of the molecule is CN/C(=C\C(=N)C#N)c1cnc(NCc2c(F)ccc3c2CCO3)n2cc(C(C)N)nc12. The summed E-state index contributed by atoms with van der Waals surface area (Å²) in [5.41, 5.74) is 9.57. The molecule has 1 aliphatic heterocycles. The van der Waals surface area contributed by atoms with Crippen molar-refractivity contribution in [3.63, 3.8) is 0 Å². The Balaban J connectivity index is 1.76. The summed E-state index contributed by atoms with van der Waals surface area (Å²) in [5, 5.41) is 22.9. The first-order valence-electron chi connectivity index (χ1n) is 10.1. The van der Waals surface area contributed by atoms with Gasteiger partial charge in [-0.15, -0.1) is 0 Å². The van der Waals surface area contributed by atoms with Crippen LogP contribution in [0.1, 0.15) is 35.3 Å². The third kappa shape index (κ3) is 3.86. The number of benzene rings is 1. The van der Waals surface area contributed by atoms with Gasteiger partial charge in [0, 0.05) is 55.3 Å². The monoisotopic (exact) mass is 434 g/mol. The van der Waals surface area contributed by atoms with Crippen LogP contribution in [0.5, 0.6) is 5.75 Å². The Kier molecular flexibility index (Phi) is 5.75. The number of hydrogen-bond donors (Lipinski definition) is 4. The van der Waals surface area contributed by atoms with Crippen molar-refractivity contribution in [1.29, 1.82) is 10.7 Å². The minimum Gasteiger partial charge on any atom is -0.493 e. The molecule has 2 aromatic heterocycles. The second kappa shape index (κ2) is 8.64. The van der Waals surface area contributed by atoms with Crippen LogP contribution in [0.15, 0.2) is 30.6 Å². The van der Waals surface area contributed by atoms with E-state index in [1.807, 2.05) is 6.92 Å². The Labute approximate surface area is 184 Å². The molecule has 32 heavy (non-hydrogen) atoms. The third-order valence-electron chi connectivity index (χ3n) is 5.31. The highest BCUT2D eigenvalue weighted by Crippen LogP contribution is 2.31. The fraction of sp³-hybridized carbons (Fsp3) is 0.273. The molecule has 10 heteroatoms. The van der Waals surface area contributed by atoms with E-state index in [9.17, 15) is 4.39 Å². The zero-order valence-corrected chi connectivity index (χ0v) is 17.7. The number of nitrogens with zero attached hydrogens (tertiary/aromatic N) is 4. The molecule has 1 atom stereocenters. The number of rotatable bonds is 7. The first-order chi connectivity index (χ1) is 15.4. The van der Waals surface area contributed by atoms with Gasteiger partial charge in [0.25, 0.3) is 0 Å². The van der Waals surface area contributed by atoms with Gasteiger partial charge in [0.1, 0.15) is 23.3 Å². The lowest BCUT2D eigenvalue weighted by molar-refractivity contribution is 0.356. The second-order valence-electron chi connectivity index (χ2n) is 7.43. The quantitative estimate of drug-likeness (QED) is 0.419. The van der Waals surface area contributed by atoms with Crippen molar-refractivity contribution in [2.75, 3.05) is 19.0 Å². The summed E-state index contributed by atoms with van der Waals surface area (Å²) in [6.07, 6.45) is 5.44. The summed E-state index contributed by atoms with van der Waals surface area (Å²) in [4.78, 5) is 9.14. The standard InChI is InChI=1S/C22H23FN8O/c1-12(25)19-11-31-21(30-19)16(18(27-2)7-13(26)8-24)10-29-22(31)28-9-15-14-5-6-32-20(14)4-3-17(15)23/h3-4,7,10-12,26-27H,5-6,9,25H2,1-2H3,(H,28,29)/b18-7-,26-13?. The lowest BCUT2D eigenvalue weighted by atomic mass is 10.0. The zero-order valence-electron chi connectivity index (χ0n) is 17.7. The van der Waals surface area contributed by atoms with Crippen molar-refractivity contribution in [2.45, 2.75) is 25.9 Å². The molecular weight excluding hydrogens is 411 g/mol. The summed E-state index contributed by atoms with van der Waals surface area (Å²) in [7, 11) is 1.69. The van der Waals surface area contributed by atoms with Gasteiger partial charge in [0.15, 0.2) is 5.65 Å². The van der Waals surface area contributed by atoms with E-state index in [0.29, 0.717) is 52.9 Å². The fourth-order valence-corrected chi connectivity index (χ4v) is 3.67. The smallest absolute Gasteiger partial charge is 0.208 e. The topological polar surface area (TPSA) is 137 Å². The van der Waals surface area contributed by atoms with E-state index < -0.39 is 0 Å². The van der Waals surface area contributed by atoms with Crippen LogP contribution in [0.3, 0.4) is 0 Å². The number of imidazole rings is 1. The van der Waals surface area contributed by atoms with Crippen molar-refractivity contribution in [3.8, 4) is 11.8 Å². The van der Waals surface area contributed by atoms with E-state index in [-0.39, 0.29) is 24.1 Å². The van der Waals surface area contributed by atoms with Gasteiger partial charge in [-0.2, -0.15) is 5.26 Å². The molecule has 0 fully saturated rings. The Bertz CT molecular complexity index is 1270. The van der Waals surface area contributed by atoms with Gasteiger partial charge in [0.2, 0.25) is 5.95 Å². The Morgan fingerprint density at radius 2 is 2.31 bits per heavy atom. The van der Waals surface area contributed by atoms with Crippen molar-refractivity contribution in [2.24, 2.45) is 5.73 Å². The molecule has 0 aliphatic carbocycles. The predicted molar refractivity (Wildman–Crippen MR) is 119 cm³/mol. The van der Waals surface area contributed by atoms with Crippen LogP contribution in [0.2, 0.25) is 0 Å². The molecule has 0 bridgehead atoms. The number of anilines is 1. The number of nitrogens with two attached hydrogens (primary N) is 1. The number of aromatic nitrogens is 3. The largest absolute Gasteiger partial charge is 0.493 e. The summed E-state index contributed by atoms with van der Waals surface area (Å²) < 4.78 is 21.8. The first-order valence-corrected chi connectivity index (χ1v) is 10.1. The zero-order chi connectivity index (χ0) is 22.8. The molecule has 0 saturated heterocycles. The minimum absolute atomic E-state index is 0.204. The summed E-state index contributed by atoms with van der Waals surface area (Å²) in [6.45, 7) is 2.59. The number of nitriles is 1. The third-order valence-corrected chi connectivity index (χ3v) is 5.31. The lowest BCUT2D eigenvalue weighted by Crippen LogP contribution is -2.12. The van der Waals surface area contributed by atoms with E-state index in [2.05, 4.69) is 20.6 Å². The summed E-state index contributed by atoms with van der Waals surface area (Å²) in [5.74, 6) is 0.874. The Morgan fingerprint density at radius 3 is 3.03 bits per heavy atom. The molecule has 4 rings (SSSR count). The van der Waals surface area contributed by atoms with Crippen LogP contribution in [0, 0.1) is 22.6 Å². The summed E-state index contributed by atoms with van der Waals surface area (Å²) >= 11 is 0. The molecule has 1 aromatic carbocycles. The normalized spacial score (nSPS) is 13.9. The van der Waals surface area contributed by atoms with E-state index in [1.54, 1.807) is 36.0 Å². The van der Waals surface area contributed by atoms with Crippen LogP contribution < -0.4 is 21.1 Å². The maximum atomic E-state index is 14.5. The number of fused-ring (bicyclic) bond motifs is 2. The highest BCUT2D eigenvalue weighted by molar-refractivity contribution is 6.09. The molecule has 3 heterocycles. The van der Waals surface area contributed by atoms with Gasteiger partial charge in [-0.3, -0.25) is 9.81 Å². The van der Waals surface area contributed by atoms with Gasteiger partial charge in [0.05, 0.1) is 17.9 Å². The number of nitrogens with one attached hydrogen (secondary N) is 3. The van der Waals surface area contributed by atoms with Crippen LogP contribution in [-0.2, 0) is 13.0 Å². The molecule has 0 amide bonds. The van der Waals surface area contributed by atoms with Crippen molar-refractivity contribution in [3.05, 3.63) is 58.8 Å². The molecule has 0 radical (unpaired) electrons. The Hall–Kier alpha value is -3.97. The van der Waals surface area contributed by atoms with Gasteiger partial charge in [-0.1, -0.05) is 0 Å². The maximum absolute atomic E-state index is 14.5. The highest BCUT2D eigenvalue weighted by Gasteiger charge is 2.21. The van der Waals surface area contributed by atoms with Crippen molar-refractivity contribution < 1.29 is 9.13 Å². The molecular formula is C22H23FN8O. The van der Waals surface area contributed by atoms with E-state index in [0.717, 1.165) is 5.56 Å². The van der Waals surface area contributed by atoms with Crippen molar-refractivity contribution in [1.82, 2.24) is 19.7 Å². The number of allylic oxidation sites excluding steroid dienone is 1. The first kappa shape index (κ1) is 21.3. The molecule has 9 nitrogen and oxygen atoms in total. The van der Waals surface area contributed by atoms with Gasteiger partial charge in [-0.25, -0.2) is 14.4 Å². The van der Waals surface area contributed by atoms with Crippen LogP contribution in [-0.4, -0.2) is 33.7 Å². The van der Waals surface area contributed by atoms with Gasteiger partial charge in [-0.05, 0) is 25.1 Å². The highest BCUT2D eigenvalue weighted by atomic mass is 19.1. The minimum atomic E-state index is -0.318. The second-order valence-corrected chi connectivity index (χ2v) is 7.43. The average molecular weight is 434 g/mol. The van der Waals surface area contributed by atoms with Crippen LogP contribution in [0.4, 0.5) is 10.3 Å². The van der Waals surface area contributed by atoms with E-state index >= 15 is 0 Å². The van der Waals surface area contributed by atoms with Crippen molar-refractivity contribution >= 4 is 23.0 Å². The maximum Gasteiger partial charge on any atom is 0.208 e. The summed E-state index contributed by atoms with van der Waals surface area (Å²) in [6, 6.07) is 4.53. The number of halogens is 1. The fourth-order valence-electron chi connectivity index (χ4n) is 3.67. The average Bonchev–Trinajstić information content (AvgIpc) is 3.44. The molecule has 0 spiro atoms. The number of hydrogen-bond acceptors (Lipinski definition) is 8. The lowest BCUT2D eigenvalue weighted by Gasteiger charge is -2.14. The predicted octanol–water partition coefficient (Wildman–Crippen LogP) is 2.54. The van der Waals surface area contributed by atoms with E-state index in [4.69, 9.17) is 21.1 Å². The van der Waals surface area contributed by atoms with Crippen LogP contribution >= 0.6 is 0 Å². The van der Waals surface area contributed by atoms with Gasteiger partial charge < -0.3 is 21.1 Å². The van der Waals surface area contributed by atoms with E-state index in [1.165, 1.54) is 12.1 Å². The molecule has 1 aliphatic rings. The molecule has 5 N–H and O–H groups in total.